The zero-order valence-electron chi connectivity index (χ0n) is 26.7. The molecule has 0 heterocycles. The van der Waals surface area contributed by atoms with Crippen molar-refractivity contribution < 1.29 is 21.6 Å². The Labute approximate surface area is 254 Å². The minimum atomic E-state index is -3.82. The fraction of sp³-hybridized carbons (Fsp3) is 0.606. The van der Waals surface area contributed by atoms with Crippen molar-refractivity contribution in [2.24, 2.45) is 23.7 Å². The topological polar surface area (TPSA) is 91.8 Å². The van der Waals surface area contributed by atoms with E-state index in [1.807, 2.05) is 0 Å². The van der Waals surface area contributed by atoms with Crippen LogP contribution >= 0.6 is 0 Å². The average Bonchev–Trinajstić information content (AvgIpc) is 3.18. The summed E-state index contributed by atoms with van der Waals surface area (Å²) >= 11 is 0. The molecule has 0 bridgehead atoms. The molecule has 0 radical (unpaired) electrons. The molecule has 0 unspecified atom stereocenters. The van der Waals surface area contributed by atoms with E-state index in [1.165, 1.54) is 20.7 Å². The Balaban J connectivity index is 1.96. The van der Waals surface area contributed by atoms with Gasteiger partial charge in [0.05, 0.1) is 9.79 Å². The van der Waals surface area contributed by atoms with Crippen LogP contribution in [0.2, 0.25) is 0 Å². The SMILES string of the molecule is CC(C)CCN(CCC(C)C)S(=O)(=O)c1ccc2c(c1)C(=O)c1cc(S(=O)(=O)N(CCC(C)C)CCC(C)C)ccc1-2. The van der Waals surface area contributed by atoms with Gasteiger partial charge in [0.15, 0.2) is 5.78 Å². The number of fused-ring (bicyclic) bond motifs is 3. The first-order valence-corrected chi connectivity index (χ1v) is 18.3. The van der Waals surface area contributed by atoms with Gasteiger partial charge in [0, 0.05) is 37.3 Å². The van der Waals surface area contributed by atoms with E-state index in [1.54, 1.807) is 24.3 Å². The maximum atomic E-state index is 13.7. The predicted octanol–water partition coefficient (Wildman–Crippen LogP) is 7.06. The molecule has 7 nitrogen and oxygen atoms in total. The number of sulfonamides is 2. The van der Waals surface area contributed by atoms with Crippen molar-refractivity contribution in [1.82, 2.24) is 8.61 Å². The van der Waals surface area contributed by atoms with Gasteiger partial charge in [0.25, 0.3) is 0 Å². The molecule has 0 aliphatic heterocycles. The first kappa shape index (κ1) is 34.4. The average molecular weight is 619 g/mol. The van der Waals surface area contributed by atoms with Crippen molar-refractivity contribution in [2.45, 2.75) is 90.9 Å². The van der Waals surface area contributed by atoms with Crippen molar-refractivity contribution in [1.29, 1.82) is 0 Å². The number of hydrogen-bond donors (Lipinski definition) is 0. The lowest BCUT2D eigenvalue weighted by Crippen LogP contribution is -2.34. The van der Waals surface area contributed by atoms with Crippen LogP contribution in [-0.4, -0.2) is 57.4 Å². The molecule has 0 fully saturated rings. The van der Waals surface area contributed by atoms with Gasteiger partial charge in [0.2, 0.25) is 20.0 Å². The van der Waals surface area contributed by atoms with Gasteiger partial charge in [0.1, 0.15) is 0 Å². The summed E-state index contributed by atoms with van der Waals surface area (Å²) in [5.41, 5.74) is 1.85. The Bertz CT molecular complexity index is 1330. The number of hydrogen-bond acceptors (Lipinski definition) is 5. The molecule has 1 aliphatic carbocycles. The Hall–Kier alpha value is -2.07. The number of rotatable bonds is 16. The number of benzene rings is 2. The minimum absolute atomic E-state index is 0.0938. The van der Waals surface area contributed by atoms with Crippen LogP contribution in [0.4, 0.5) is 0 Å². The molecule has 0 spiro atoms. The number of carbonyl (C=O) groups excluding carboxylic acids is 1. The van der Waals surface area contributed by atoms with Crippen LogP contribution in [0.25, 0.3) is 11.1 Å². The van der Waals surface area contributed by atoms with Crippen LogP contribution in [-0.2, 0) is 20.0 Å². The second-order valence-corrected chi connectivity index (χ2v) is 17.2. The summed E-state index contributed by atoms with van der Waals surface area (Å²) in [7, 11) is -7.63. The van der Waals surface area contributed by atoms with Gasteiger partial charge < -0.3 is 0 Å². The molecule has 1 aliphatic rings. The summed E-state index contributed by atoms with van der Waals surface area (Å²) in [5.74, 6) is 1.08. The van der Waals surface area contributed by atoms with E-state index in [4.69, 9.17) is 0 Å². The van der Waals surface area contributed by atoms with E-state index < -0.39 is 20.0 Å². The molecule has 2 aromatic carbocycles. The summed E-state index contributed by atoms with van der Waals surface area (Å²) < 4.78 is 58.1. The van der Waals surface area contributed by atoms with Crippen LogP contribution in [0, 0.1) is 23.7 Å². The standard InChI is InChI=1S/C33H50N2O5S2/c1-23(2)13-17-34(18-14-24(3)4)41(37,38)27-9-11-29-30-12-10-28(22-32(30)33(36)31(29)21-27)42(39,40)35(19-15-25(5)6)20-16-26(7)8/h9-12,21-26H,13-20H2,1-8H3. The Morgan fingerprint density at radius 1 is 0.500 bits per heavy atom. The highest BCUT2D eigenvalue weighted by atomic mass is 32.2. The monoisotopic (exact) mass is 618 g/mol. The molecule has 9 heteroatoms. The third kappa shape index (κ3) is 8.10. The molecule has 0 saturated carbocycles. The summed E-state index contributed by atoms with van der Waals surface area (Å²) in [5, 5.41) is 0. The van der Waals surface area contributed by atoms with E-state index in [0.717, 1.165) is 25.7 Å². The molecule has 0 aromatic heterocycles. The van der Waals surface area contributed by atoms with Crippen LogP contribution < -0.4 is 0 Å². The predicted molar refractivity (Wildman–Crippen MR) is 171 cm³/mol. The third-order valence-corrected chi connectivity index (χ3v) is 11.6. The normalized spacial score (nSPS) is 13.8. The summed E-state index contributed by atoms with van der Waals surface area (Å²) in [4.78, 5) is 13.8. The summed E-state index contributed by atoms with van der Waals surface area (Å²) in [6.07, 6.45) is 2.98. The Morgan fingerprint density at radius 3 is 1.05 bits per heavy atom. The molecule has 0 atom stereocenters. The minimum Gasteiger partial charge on any atom is -0.289 e. The molecule has 0 saturated heterocycles. The molecule has 42 heavy (non-hydrogen) atoms. The van der Waals surface area contributed by atoms with Crippen molar-refractivity contribution in [3.05, 3.63) is 47.5 Å². The Kier molecular flexibility index (Phi) is 11.6. The van der Waals surface area contributed by atoms with Gasteiger partial charge >= 0.3 is 0 Å². The molecule has 234 valence electrons. The molecule has 0 amide bonds. The van der Waals surface area contributed by atoms with Crippen molar-refractivity contribution >= 4 is 25.8 Å². The lowest BCUT2D eigenvalue weighted by Gasteiger charge is -2.24. The van der Waals surface area contributed by atoms with E-state index in [2.05, 4.69) is 55.4 Å². The van der Waals surface area contributed by atoms with E-state index in [-0.39, 0.29) is 15.6 Å². The van der Waals surface area contributed by atoms with Crippen LogP contribution in [0.3, 0.4) is 0 Å². The Morgan fingerprint density at radius 2 is 0.786 bits per heavy atom. The maximum Gasteiger partial charge on any atom is 0.243 e. The number of carbonyl (C=O) groups is 1. The molecular formula is C33H50N2O5S2. The second kappa shape index (κ2) is 14.1. The van der Waals surface area contributed by atoms with Crippen LogP contribution in [0.1, 0.15) is 97.0 Å². The van der Waals surface area contributed by atoms with Gasteiger partial charge in [-0.25, -0.2) is 16.8 Å². The summed E-state index contributed by atoms with van der Waals surface area (Å²) in [6.45, 7) is 18.2. The quantitative estimate of drug-likeness (QED) is 0.171. The lowest BCUT2D eigenvalue weighted by molar-refractivity contribution is 0.104. The smallest absolute Gasteiger partial charge is 0.243 e. The van der Waals surface area contributed by atoms with Gasteiger partial charge in [-0.15, -0.1) is 0 Å². The van der Waals surface area contributed by atoms with E-state index in [0.29, 0.717) is 72.1 Å². The molecule has 2 aromatic rings. The highest BCUT2D eigenvalue weighted by Gasteiger charge is 2.33. The van der Waals surface area contributed by atoms with Crippen molar-refractivity contribution in [3.8, 4) is 11.1 Å². The first-order chi connectivity index (χ1) is 19.5. The van der Waals surface area contributed by atoms with E-state index >= 15 is 0 Å². The van der Waals surface area contributed by atoms with Crippen molar-refractivity contribution in [2.75, 3.05) is 26.2 Å². The van der Waals surface area contributed by atoms with Gasteiger partial charge in [-0.3, -0.25) is 4.79 Å². The highest BCUT2D eigenvalue weighted by molar-refractivity contribution is 7.89. The second-order valence-electron chi connectivity index (χ2n) is 13.3. The third-order valence-electron chi connectivity index (χ3n) is 7.86. The summed E-state index contributed by atoms with van der Waals surface area (Å²) in [6, 6.07) is 9.44. The van der Waals surface area contributed by atoms with Gasteiger partial charge in [-0.1, -0.05) is 67.5 Å². The van der Waals surface area contributed by atoms with Crippen LogP contribution in [0.5, 0.6) is 0 Å². The zero-order chi connectivity index (χ0) is 31.4. The fourth-order valence-corrected chi connectivity index (χ4v) is 7.96. The largest absolute Gasteiger partial charge is 0.289 e. The lowest BCUT2D eigenvalue weighted by atomic mass is 10.1. The zero-order valence-corrected chi connectivity index (χ0v) is 28.3. The number of nitrogens with zero attached hydrogens (tertiary/aromatic N) is 2. The molecule has 3 rings (SSSR count). The maximum absolute atomic E-state index is 13.7. The van der Waals surface area contributed by atoms with E-state index in [9.17, 15) is 21.6 Å². The van der Waals surface area contributed by atoms with Gasteiger partial charge in [-0.05, 0) is 84.7 Å². The number of ketones is 1. The van der Waals surface area contributed by atoms with Gasteiger partial charge in [-0.2, -0.15) is 8.61 Å². The molecule has 0 N–H and O–H groups in total. The van der Waals surface area contributed by atoms with Crippen molar-refractivity contribution in [3.63, 3.8) is 0 Å². The highest BCUT2D eigenvalue weighted by Crippen LogP contribution is 2.39. The molecular weight excluding hydrogens is 569 g/mol. The van der Waals surface area contributed by atoms with Crippen LogP contribution in [0.15, 0.2) is 46.2 Å². The fourth-order valence-electron chi connectivity index (χ4n) is 4.97. The first-order valence-electron chi connectivity index (χ1n) is 15.4.